The molecule has 8 nitrogen and oxygen atoms in total. The zero-order chi connectivity index (χ0) is 28.8. The average molecular weight is 548 g/mol. The second-order valence-electron chi connectivity index (χ2n) is 10.6. The number of carbonyl (C=O) groups is 3. The van der Waals surface area contributed by atoms with Gasteiger partial charge in [0.05, 0.1) is 19.8 Å². The van der Waals surface area contributed by atoms with Gasteiger partial charge in [-0.15, -0.1) is 0 Å². The van der Waals surface area contributed by atoms with Crippen LogP contribution in [0.15, 0.2) is 42.6 Å². The van der Waals surface area contributed by atoms with Gasteiger partial charge in [-0.05, 0) is 68.5 Å². The lowest BCUT2D eigenvalue weighted by Crippen LogP contribution is -2.37. The Morgan fingerprint density at radius 3 is 2.35 bits per heavy atom. The first-order valence-electron chi connectivity index (χ1n) is 14.3. The fourth-order valence-electron chi connectivity index (χ4n) is 5.98. The molecule has 1 aliphatic carbocycles. The molecule has 0 bridgehead atoms. The van der Waals surface area contributed by atoms with Gasteiger partial charge >= 0.3 is 5.97 Å². The standard InChI is InChI=1S/C32H41N3O5/c1-6-35(7-2)31(37)20(3)29(24-14-12-23(32(38)40-5)17-28(24)39-4)26-19-33-27-15-13-22(16-25(26)27)30(36)34-18-21-10-8-9-11-21/h12-17,19-21,29,33H,6-11,18H2,1-5H3,(H,34,36). The molecular formula is C32H41N3O5. The summed E-state index contributed by atoms with van der Waals surface area (Å²) in [5.74, 6) is -0.344. The van der Waals surface area contributed by atoms with Gasteiger partial charge in [-0.1, -0.05) is 25.8 Å². The Morgan fingerprint density at radius 1 is 1.00 bits per heavy atom. The highest BCUT2D eigenvalue weighted by molar-refractivity contribution is 5.99. The lowest BCUT2D eigenvalue weighted by atomic mass is 9.79. The van der Waals surface area contributed by atoms with Crippen molar-refractivity contribution in [2.75, 3.05) is 33.9 Å². The van der Waals surface area contributed by atoms with E-state index in [4.69, 9.17) is 9.47 Å². The number of ether oxygens (including phenoxy) is 2. The van der Waals surface area contributed by atoms with E-state index in [0.717, 1.165) is 34.9 Å². The van der Waals surface area contributed by atoms with Gasteiger partial charge in [0.25, 0.3) is 5.91 Å². The van der Waals surface area contributed by atoms with E-state index in [2.05, 4.69) is 10.3 Å². The number of hydrogen-bond acceptors (Lipinski definition) is 5. The largest absolute Gasteiger partial charge is 0.496 e. The minimum absolute atomic E-state index is 0.0221. The maximum Gasteiger partial charge on any atom is 0.337 e. The van der Waals surface area contributed by atoms with Crippen molar-refractivity contribution in [2.45, 2.75) is 52.4 Å². The van der Waals surface area contributed by atoms with Crippen molar-refractivity contribution < 1.29 is 23.9 Å². The molecule has 0 spiro atoms. The first kappa shape index (κ1) is 29.2. The monoisotopic (exact) mass is 547 g/mol. The zero-order valence-corrected chi connectivity index (χ0v) is 24.2. The normalized spacial score (nSPS) is 15.0. The lowest BCUT2D eigenvalue weighted by Gasteiger charge is -2.30. The molecule has 3 aromatic rings. The van der Waals surface area contributed by atoms with Gasteiger partial charge in [0.2, 0.25) is 5.91 Å². The van der Waals surface area contributed by atoms with Crippen LogP contribution < -0.4 is 10.1 Å². The first-order chi connectivity index (χ1) is 19.3. The SMILES string of the molecule is CCN(CC)C(=O)C(C)C(c1ccc(C(=O)OC)cc1OC)c1c[nH]c2ccc(C(=O)NCC3CCCC3)cc12. The van der Waals surface area contributed by atoms with Gasteiger partial charge in [0, 0.05) is 59.7 Å². The second-order valence-corrected chi connectivity index (χ2v) is 10.6. The second kappa shape index (κ2) is 13.0. The number of carbonyl (C=O) groups excluding carboxylic acids is 3. The van der Waals surface area contributed by atoms with Crippen molar-refractivity contribution >= 4 is 28.7 Å². The van der Waals surface area contributed by atoms with Gasteiger partial charge in [-0.25, -0.2) is 4.79 Å². The van der Waals surface area contributed by atoms with Gasteiger partial charge in [0.1, 0.15) is 5.75 Å². The maximum atomic E-state index is 13.7. The summed E-state index contributed by atoms with van der Waals surface area (Å²) in [5, 5.41) is 3.99. The van der Waals surface area contributed by atoms with E-state index in [1.807, 2.05) is 56.1 Å². The van der Waals surface area contributed by atoms with E-state index in [-0.39, 0.29) is 11.8 Å². The molecule has 2 N–H and O–H groups in total. The van der Waals surface area contributed by atoms with Crippen molar-refractivity contribution in [1.29, 1.82) is 0 Å². The molecule has 4 rings (SSSR count). The number of esters is 1. The molecule has 40 heavy (non-hydrogen) atoms. The Balaban J connectivity index is 1.78. The maximum absolute atomic E-state index is 13.7. The van der Waals surface area contributed by atoms with Crippen LogP contribution in [0.1, 0.15) is 84.2 Å². The first-order valence-corrected chi connectivity index (χ1v) is 14.3. The minimum Gasteiger partial charge on any atom is -0.496 e. The fraction of sp³-hybridized carbons (Fsp3) is 0.469. The summed E-state index contributed by atoms with van der Waals surface area (Å²) in [6.45, 7) is 7.76. The number of methoxy groups -OCH3 is 2. The third-order valence-electron chi connectivity index (χ3n) is 8.29. The number of H-pyrrole nitrogens is 1. The van der Waals surface area contributed by atoms with E-state index >= 15 is 0 Å². The predicted molar refractivity (Wildman–Crippen MR) is 156 cm³/mol. The Morgan fingerprint density at radius 2 is 1.70 bits per heavy atom. The van der Waals surface area contributed by atoms with Crippen LogP contribution in [-0.2, 0) is 9.53 Å². The summed E-state index contributed by atoms with van der Waals surface area (Å²) >= 11 is 0. The Kier molecular flexibility index (Phi) is 9.50. The van der Waals surface area contributed by atoms with E-state index in [0.29, 0.717) is 42.4 Å². The van der Waals surface area contributed by atoms with Crippen LogP contribution in [0.4, 0.5) is 0 Å². The van der Waals surface area contributed by atoms with E-state index < -0.39 is 17.8 Å². The Labute approximate surface area is 236 Å². The quantitative estimate of drug-likeness (QED) is 0.308. The molecule has 1 aliphatic rings. The van der Waals surface area contributed by atoms with Gasteiger partial charge < -0.3 is 24.7 Å². The van der Waals surface area contributed by atoms with Crippen molar-refractivity contribution in [3.63, 3.8) is 0 Å². The van der Waals surface area contributed by atoms with Crippen LogP contribution in [0.3, 0.4) is 0 Å². The molecule has 2 amide bonds. The predicted octanol–water partition coefficient (Wildman–Crippen LogP) is 5.52. The topological polar surface area (TPSA) is 101 Å². The van der Waals surface area contributed by atoms with Crippen LogP contribution in [0.5, 0.6) is 5.75 Å². The van der Waals surface area contributed by atoms with Crippen molar-refractivity contribution in [3.8, 4) is 5.75 Å². The molecule has 1 saturated carbocycles. The molecule has 0 saturated heterocycles. The molecule has 1 aromatic heterocycles. The van der Waals surface area contributed by atoms with Gasteiger partial charge in [-0.3, -0.25) is 9.59 Å². The Bertz CT molecular complexity index is 1350. The third kappa shape index (κ3) is 6.01. The number of aromatic amines is 1. The summed E-state index contributed by atoms with van der Waals surface area (Å²) in [6, 6.07) is 10.8. The van der Waals surface area contributed by atoms with Crippen molar-refractivity contribution in [3.05, 3.63) is 64.8 Å². The highest BCUT2D eigenvalue weighted by Gasteiger charge is 2.33. The summed E-state index contributed by atoms with van der Waals surface area (Å²) in [7, 11) is 2.89. The number of nitrogens with one attached hydrogen (secondary N) is 2. The zero-order valence-electron chi connectivity index (χ0n) is 24.2. The van der Waals surface area contributed by atoms with E-state index in [1.54, 1.807) is 19.2 Å². The Hall–Kier alpha value is -3.81. The lowest BCUT2D eigenvalue weighted by molar-refractivity contribution is -0.135. The molecule has 214 valence electrons. The molecule has 1 fully saturated rings. The van der Waals surface area contributed by atoms with E-state index in [1.165, 1.54) is 20.0 Å². The fourth-order valence-corrected chi connectivity index (χ4v) is 5.98. The molecule has 2 atom stereocenters. The minimum atomic E-state index is -0.464. The van der Waals surface area contributed by atoms with Gasteiger partial charge in [-0.2, -0.15) is 0 Å². The molecular weight excluding hydrogens is 506 g/mol. The molecule has 0 aliphatic heterocycles. The number of hydrogen-bond donors (Lipinski definition) is 2. The number of amides is 2. The van der Waals surface area contributed by atoms with Crippen LogP contribution in [0.25, 0.3) is 10.9 Å². The summed E-state index contributed by atoms with van der Waals surface area (Å²) < 4.78 is 10.7. The number of nitrogens with zero attached hydrogens (tertiary/aromatic N) is 1. The third-order valence-corrected chi connectivity index (χ3v) is 8.29. The molecule has 2 aromatic carbocycles. The van der Waals surface area contributed by atoms with Crippen molar-refractivity contribution in [2.24, 2.45) is 11.8 Å². The number of rotatable bonds is 11. The van der Waals surface area contributed by atoms with Crippen LogP contribution in [0.2, 0.25) is 0 Å². The highest BCUT2D eigenvalue weighted by Crippen LogP contribution is 2.42. The van der Waals surface area contributed by atoms with Gasteiger partial charge in [0.15, 0.2) is 0 Å². The average Bonchev–Trinajstić information content (AvgIpc) is 3.66. The summed E-state index contributed by atoms with van der Waals surface area (Å²) in [5.41, 5.74) is 3.49. The highest BCUT2D eigenvalue weighted by atomic mass is 16.5. The van der Waals surface area contributed by atoms with Crippen molar-refractivity contribution in [1.82, 2.24) is 15.2 Å². The number of fused-ring (bicyclic) bond motifs is 1. The molecule has 8 heteroatoms. The number of benzene rings is 2. The molecule has 1 heterocycles. The van der Waals surface area contributed by atoms with Crippen LogP contribution >= 0.6 is 0 Å². The number of aromatic nitrogens is 1. The summed E-state index contributed by atoms with van der Waals surface area (Å²) in [4.78, 5) is 44.2. The van der Waals surface area contributed by atoms with Crippen LogP contribution in [0, 0.1) is 11.8 Å². The molecule has 0 radical (unpaired) electrons. The smallest absolute Gasteiger partial charge is 0.337 e. The molecule has 2 unspecified atom stereocenters. The van der Waals surface area contributed by atoms with Crippen LogP contribution in [-0.4, -0.2) is 61.5 Å². The van der Waals surface area contributed by atoms with E-state index in [9.17, 15) is 14.4 Å². The summed E-state index contributed by atoms with van der Waals surface area (Å²) in [6.07, 6.45) is 6.70.